The van der Waals surface area contributed by atoms with Crippen LogP contribution in [0.4, 0.5) is 0 Å². The number of rotatable bonds is 8. The van der Waals surface area contributed by atoms with Gasteiger partial charge in [0.2, 0.25) is 0 Å². The van der Waals surface area contributed by atoms with Crippen LogP contribution in [0.25, 0.3) is 0 Å². The van der Waals surface area contributed by atoms with Crippen molar-refractivity contribution in [2.75, 3.05) is 47.1 Å². The maximum Gasteiger partial charge on any atom is 0.0940 e. The van der Waals surface area contributed by atoms with Gasteiger partial charge in [-0.25, -0.2) is 0 Å². The summed E-state index contributed by atoms with van der Waals surface area (Å²) in [6.45, 7) is 4.76. The Bertz CT molecular complexity index is 122. The lowest BCUT2D eigenvalue weighted by Crippen LogP contribution is -2.19. The third-order valence-corrected chi connectivity index (χ3v) is 0.999. The van der Waals surface area contributed by atoms with Crippen molar-refractivity contribution in [2.45, 2.75) is 0 Å². The fraction of sp³-hybridized carbons (Fsp3) is 0.778. The molecule has 0 spiro atoms. The van der Waals surface area contributed by atoms with Gasteiger partial charge in [0.05, 0.1) is 26.4 Å². The van der Waals surface area contributed by atoms with Gasteiger partial charge in [0, 0.05) is 6.54 Å². The molecule has 0 saturated carbocycles. The summed E-state index contributed by atoms with van der Waals surface area (Å²) in [4.78, 5) is 11.0. The van der Waals surface area contributed by atoms with Gasteiger partial charge in [0.25, 0.3) is 0 Å². The number of halogens is 1. The molecule has 100 valence electrons. The molecule has 0 saturated heterocycles. The molecule has 0 aliphatic carbocycles. The van der Waals surface area contributed by atoms with Gasteiger partial charge >= 0.3 is 0 Å². The van der Waals surface area contributed by atoms with E-state index in [9.17, 15) is 0 Å². The van der Waals surface area contributed by atoms with Crippen molar-refractivity contribution in [3.63, 3.8) is 0 Å². The zero-order valence-corrected chi connectivity index (χ0v) is 10.7. The van der Waals surface area contributed by atoms with E-state index in [-0.39, 0.29) is 38.8 Å². The molecule has 0 heterocycles. The summed E-state index contributed by atoms with van der Waals surface area (Å²) in [6, 6.07) is 0. The van der Waals surface area contributed by atoms with E-state index in [4.69, 9.17) is 10.2 Å². The molecule has 0 amide bonds. The minimum Gasteiger partial charge on any atom is -0.394 e. The number of nitrogens with zero attached hydrogens (tertiary/aromatic N) is 1. The van der Waals surface area contributed by atoms with Gasteiger partial charge in [-0.05, 0) is 14.1 Å². The van der Waals surface area contributed by atoms with E-state index in [0.717, 1.165) is 6.54 Å². The normalized spacial score (nSPS) is 9.06. The Labute approximate surface area is 103 Å². The topological polar surface area (TPSA) is 74.2 Å². The van der Waals surface area contributed by atoms with Crippen molar-refractivity contribution in [1.82, 2.24) is 10.5 Å². The van der Waals surface area contributed by atoms with Gasteiger partial charge in [-0.3, -0.25) is 9.68 Å². The summed E-state index contributed by atoms with van der Waals surface area (Å²) in [5.74, 6) is 0. The molecule has 0 aliphatic heterocycles. The average Bonchev–Trinajstić information content (AvgIpc) is 2.18. The van der Waals surface area contributed by atoms with Gasteiger partial charge < -0.3 is 15.1 Å². The van der Waals surface area contributed by atoms with Crippen molar-refractivity contribution in [3.8, 4) is 0 Å². The predicted molar refractivity (Wildman–Crippen MR) is 65.2 cm³/mol. The zero-order chi connectivity index (χ0) is 11.9. The van der Waals surface area contributed by atoms with Crippen molar-refractivity contribution in [3.05, 3.63) is 12.7 Å². The molecule has 0 aromatic heterocycles. The van der Waals surface area contributed by atoms with Gasteiger partial charge in [0.15, 0.2) is 0 Å². The lowest BCUT2D eigenvalue weighted by atomic mass is 10.6. The summed E-state index contributed by atoms with van der Waals surface area (Å²) in [7, 11) is 4.03. The molecule has 6 nitrogen and oxygen atoms in total. The Balaban J connectivity index is -0.000000214. The van der Waals surface area contributed by atoms with Crippen LogP contribution in [0, 0.1) is 0 Å². The summed E-state index contributed by atoms with van der Waals surface area (Å²) in [5.41, 5.74) is 2.07. The summed E-state index contributed by atoms with van der Waals surface area (Å²) < 4.78 is 0. The van der Waals surface area contributed by atoms with E-state index >= 15 is 0 Å². The zero-order valence-electron chi connectivity index (χ0n) is 9.89. The van der Waals surface area contributed by atoms with E-state index in [0.29, 0.717) is 0 Å². The first-order valence-corrected chi connectivity index (χ1v) is 4.65. The molecule has 0 rings (SSSR count). The molecule has 0 radical (unpaired) electrons. The Hall–Kier alpha value is -0.210. The molecule has 0 aliphatic rings. The van der Waals surface area contributed by atoms with Crippen LogP contribution >= 0.6 is 12.4 Å². The quantitative estimate of drug-likeness (QED) is 0.312. The predicted octanol–water partition coefficient (Wildman–Crippen LogP) is -0.420. The van der Waals surface area contributed by atoms with Crippen LogP contribution in [-0.4, -0.2) is 62.2 Å². The lowest BCUT2D eigenvalue weighted by Gasteiger charge is -2.01. The Kier molecular flexibility index (Phi) is 26.7. The molecular formula is C9H23ClN2O4. The van der Waals surface area contributed by atoms with Crippen LogP contribution in [0.3, 0.4) is 0 Å². The molecule has 0 aromatic rings. The van der Waals surface area contributed by atoms with E-state index < -0.39 is 0 Å². The minimum atomic E-state index is -0.0600. The smallest absolute Gasteiger partial charge is 0.0940 e. The SMILES string of the molecule is C=CCN(C)C.Cl.OCCONOCCO. The maximum atomic E-state index is 8.15. The minimum absolute atomic E-state index is 0. The van der Waals surface area contributed by atoms with E-state index in [1.807, 2.05) is 20.2 Å². The van der Waals surface area contributed by atoms with E-state index in [1.165, 1.54) is 0 Å². The van der Waals surface area contributed by atoms with Crippen LogP contribution in [0.2, 0.25) is 0 Å². The van der Waals surface area contributed by atoms with E-state index in [2.05, 4.69) is 26.8 Å². The number of likely N-dealkylation sites (N-methyl/N-ethyl adjacent to an activating group) is 1. The molecule has 0 atom stereocenters. The van der Waals surface area contributed by atoms with Crippen molar-refractivity contribution in [1.29, 1.82) is 0 Å². The van der Waals surface area contributed by atoms with Crippen LogP contribution in [0.1, 0.15) is 0 Å². The van der Waals surface area contributed by atoms with Crippen LogP contribution in [0.5, 0.6) is 0 Å². The van der Waals surface area contributed by atoms with Gasteiger partial charge in [-0.2, -0.15) is 0 Å². The monoisotopic (exact) mass is 258 g/mol. The summed E-state index contributed by atoms with van der Waals surface area (Å²) in [6.07, 6.45) is 1.88. The summed E-state index contributed by atoms with van der Waals surface area (Å²) >= 11 is 0. The third-order valence-electron chi connectivity index (χ3n) is 0.999. The highest BCUT2D eigenvalue weighted by atomic mass is 35.5. The van der Waals surface area contributed by atoms with Gasteiger partial charge in [0.1, 0.15) is 0 Å². The van der Waals surface area contributed by atoms with Crippen LogP contribution in [0.15, 0.2) is 12.7 Å². The highest BCUT2D eigenvalue weighted by Gasteiger charge is 1.83. The Morgan fingerprint density at radius 3 is 1.81 bits per heavy atom. The Morgan fingerprint density at radius 1 is 1.19 bits per heavy atom. The van der Waals surface area contributed by atoms with Crippen LogP contribution < -0.4 is 5.64 Å². The highest BCUT2D eigenvalue weighted by molar-refractivity contribution is 5.85. The third kappa shape index (κ3) is 29.2. The molecule has 0 unspecified atom stereocenters. The Morgan fingerprint density at radius 2 is 1.62 bits per heavy atom. The second kappa shape index (κ2) is 20.2. The molecule has 0 aromatic carbocycles. The number of aliphatic hydroxyl groups is 2. The average molecular weight is 259 g/mol. The fourth-order valence-electron chi connectivity index (χ4n) is 0.474. The molecule has 7 heteroatoms. The summed E-state index contributed by atoms with van der Waals surface area (Å²) in [5, 5.41) is 16.3. The molecule has 16 heavy (non-hydrogen) atoms. The van der Waals surface area contributed by atoms with Gasteiger partial charge in [-0.1, -0.05) is 11.7 Å². The van der Waals surface area contributed by atoms with E-state index in [1.54, 1.807) is 0 Å². The molecule has 0 fully saturated rings. The largest absolute Gasteiger partial charge is 0.394 e. The second-order valence-electron chi connectivity index (χ2n) is 2.78. The lowest BCUT2D eigenvalue weighted by molar-refractivity contribution is -0.178. The number of aliphatic hydroxyl groups excluding tert-OH is 2. The molecule has 0 bridgehead atoms. The van der Waals surface area contributed by atoms with Crippen molar-refractivity contribution in [2.24, 2.45) is 0 Å². The molecular weight excluding hydrogens is 236 g/mol. The number of nitrogens with one attached hydrogen (secondary N) is 1. The number of hydrogen-bond donors (Lipinski definition) is 3. The molecule has 3 N–H and O–H groups in total. The first kappa shape index (κ1) is 21.1. The standard InChI is InChI=1S/C5H11N.C4H11NO4.ClH/c1-4-5-6(2)3;6-1-3-8-5-9-4-2-7;/h4H,1,5H2,2-3H3;5-7H,1-4H2;1H. The maximum absolute atomic E-state index is 8.15. The first-order chi connectivity index (χ1) is 7.18. The van der Waals surface area contributed by atoms with Gasteiger partial charge in [-0.15, -0.1) is 19.0 Å². The van der Waals surface area contributed by atoms with Crippen LogP contribution in [-0.2, 0) is 9.68 Å². The first-order valence-electron chi connectivity index (χ1n) is 4.65. The highest BCUT2D eigenvalue weighted by Crippen LogP contribution is 1.69. The fourth-order valence-corrected chi connectivity index (χ4v) is 0.474. The number of hydrogen-bond acceptors (Lipinski definition) is 6. The van der Waals surface area contributed by atoms with Crippen molar-refractivity contribution < 1.29 is 19.9 Å². The second-order valence-corrected chi connectivity index (χ2v) is 2.78. The van der Waals surface area contributed by atoms with Crippen molar-refractivity contribution >= 4 is 12.4 Å².